The second-order valence-electron chi connectivity index (χ2n) is 4.14. The topological polar surface area (TPSA) is 48.1 Å². The van der Waals surface area contributed by atoms with E-state index in [4.69, 9.17) is 22.1 Å². The summed E-state index contributed by atoms with van der Waals surface area (Å²) >= 11 is 5.94. The molecule has 2 N–H and O–H groups in total. The smallest absolute Gasteiger partial charge is 0.137 e. The summed E-state index contributed by atoms with van der Waals surface area (Å²) in [6.07, 6.45) is 3.41. The minimum atomic E-state index is -0.232. The molecule has 1 unspecified atom stereocenters. The molecule has 1 heterocycles. The van der Waals surface area contributed by atoms with Crippen LogP contribution in [0.15, 0.2) is 36.7 Å². The predicted molar refractivity (Wildman–Crippen MR) is 73.0 cm³/mol. The Kier molecular flexibility index (Phi) is 3.84. The van der Waals surface area contributed by atoms with Gasteiger partial charge < -0.3 is 10.5 Å². The molecule has 0 saturated carbocycles. The molecule has 0 aliphatic rings. The van der Waals surface area contributed by atoms with Gasteiger partial charge in [0.1, 0.15) is 5.75 Å². The molecule has 0 aliphatic carbocycles. The van der Waals surface area contributed by atoms with E-state index in [1.54, 1.807) is 19.5 Å². The quantitative estimate of drug-likeness (QED) is 0.925. The van der Waals surface area contributed by atoms with Crippen molar-refractivity contribution in [1.82, 2.24) is 4.98 Å². The van der Waals surface area contributed by atoms with Crippen molar-refractivity contribution in [2.45, 2.75) is 13.0 Å². The van der Waals surface area contributed by atoms with Crippen LogP contribution in [-0.2, 0) is 0 Å². The van der Waals surface area contributed by atoms with Crippen LogP contribution < -0.4 is 10.5 Å². The Morgan fingerprint density at radius 3 is 2.72 bits per heavy atom. The third kappa shape index (κ3) is 2.63. The van der Waals surface area contributed by atoms with Crippen LogP contribution in [0.1, 0.15) is 22.7 Å². The number of nitrogens with two attached hydrogens (primary N) is 1. The fraction of sp³-hybridized carbons (Fsp3) is 0.214. The van der Waals surface area contributed by atoms with Crippen LogP contribution in [0.3, 0.4) is 0 Å². The van der Waals surface area contributed by atoms with Gasteiger partial charge in [-0.2, -0.15) is 0 Å². The first-order valence-corrected chi connectivity index (χ1v) is 6.00. The number of aryl methyl sites for hydroxylation is 1. The number of hydrogen-bond donors (Lipinski definition) is 1. The molecule has 4 heteroatoms. The molecule has 1 aromatic carbocycles. The van der Waals surface area contributed by atoms with Gasteiger partial charge >= 0.3 is 0 Å². The lowest BCUT2D eigenvalue weighted by atomic mass is 9.97. The monoisotopic (exact) mass is 262 g/mol. The molecular formula is C14H15ClN2O. The fourth-order valence-electron chi connectivity index (χ4n) is 1.88. The molecular weight excluding hydrogens is 248 g/mol. The number of methoxy groups -OCH3 is 1. The highest BCUT2D eigenvalue weighted by molar-refractivity contribution is 6.30. The maximum Gasteiger partial charge on any atom is 0.137 e. The Bertz CT molecular complexity index is 557. The maximum absolute atomic E-state index is 6.25. The van der Waals surface area contributed by atoms with Crippen molar-refractivity contribution in [2.24, 2.45) is 5.73 Å². The highest BCUT2D eigenvalue weighted by atomic mass is 35.5. The molecule has 1 atom stereocenters. The number of halogens is 1. The summed E-state index contributed by atoms with van der Waals surface area (Å²) in [6.45, 7) is 1.99. The van der Waals surface area contributed by atoms with Crippen molar-refractivity contribution in [3.63, 3.8) is 0 Å². The van der Waals surface area contributed by atoms with Gasteiger partial charge in [0.2, 0.25) is 0 Å². The molecule has 0 aliphatic heterocycles. The molecule has 0 amide bonds. The minimum Gasteiger partial charge on any atom is -0.495 e. The third-order valence-electron chi connectivity index (χ3n) is 2.90. The standard InChI is InChI=1S/C14H15ClN2O/c1-9-5-11(15)3-4-13(9)14(16)10-6-12(18-2)8-17-7-10/h3-8,14H,16H2,1-2H3. The maximum atomic E-state index is 6.25. The van der Waals surface area contributed by atoms with Gasteiger partial charge in [0, 0.05) is 11.2 Å². The van der Waals surface area contributed by atoms with Crippen LogP contribution in [0.2, 0.25) is 5.02 Å². The molecule has 0 radical (unpaired) electrons. The molecule has 2 rings (SSSR count). The zero-order valence-electron chi connectivity index (χ0n) is 10.4. The third-order valence-corrected chi connectivity index (χ3v) is 3.13. The number of nitrogens with zero attached hydrogens (tertiary/aromatic N) is 1. The second kappa shape index (κ2) is 5.38. The lowest BCUT2D eigenvalue weighted by Gasteiger charge is -2.15. The van der Waals surface area contributed by atoms with E-state index in [0.29, 0.717) is 10.8 Å². The molecule has 3 nitrogen and oxygen atoms in total. The summed E-state index contributed by atoms with van der Waals surface area (Å²) < 4.78 is 5.15. The molecule has 1 aromatic heterocycles. The van der Waals surface area contributed by atoms with Crippen LogP contribution >= 0.6 is 11.6 Å². The Morgan fingerprint density at radius 2 is 2.06 bits per heavy atom. The molecule has 2 aromatic rings. The van der Waals surface area contributed by atoms with Gasteiger partial charge in [-0.1, -0.05) is 17.7 Å². The van der Waals surface area contributed by atoms with E-state index in [1.165, 1.54) is 0 Å². The van der Waals surface area contributed by atoms with Crippen molar-refractivity contribution in [2.75, 3.05) is 7.11 Å². The summed E-state index contributed by atoms with van der Waals surface area (Å²) in [6, 6.07) is 7.36. The highest BCUT2D eigenvalue weighted by Gasteiger charge is 2.12. The van der Waals surface area contributed by atoms with Crippen LogP contribution in [0.4, 0.5) is 0 Å². The van der Waals surface area contributed by atoms with E-state index in [9.17, 15) is 0 Å². The number of aromatic nitrogens is 1. The van der Waals surface area contributed by atoms with Crippen molar-refractivity contribution in [3.05, 3.63) is 58.4 Å². The van der Waals surface area contributed by atoms with Crippen LogP contribution in [-0.4, -0.2) is 12.1 Å². The van der Waals surface area contributed by atoms with E-state index in [0.717, 1.165) is 16.7 Å². The summed E-state index contributed by atoms with van der Waals surface area (Å²) in [5, 5.41) is 0.715. The zero-order chi connectivity index (χ0) is 13.1. The zero-order valence-corrected chi connectivity index (χ0v) is 11.1. The Hall–Kier alpha value is -1.58. The SMILES string of the molecule is COc1cncc(C(N)c2ccc(Cl)cc2C)c1. The van der Waals surface area contributed by atoms with Gasteiger partial charge in [0.05, 0.1) is 19.3 Å². The summed E-state index contributed by atoms with van der Waals surface area (Å²) in [4.78, 5) is 4.12. The number of pyridine rings is 1. The van der Waals surface area contributed by atoms with Gasteiger partial charge in [0.25, 0.3) is 0 Å². The first-order valence-electron chi connectivity index (χ1n) is 5.62. The van der Waals surface area contributed by atoms with Crippen molar-refractivity contribution < 1.29 is 4.74 Å². The first-order chi connectivity index (χ1) is 8.61. The Labute approximate surface area is 112 Å². The highest BCUT2D eigenvalue weighted by Crippen LogP contribution is 2.26. The lowest BCUT2D eigenvalue weighted by molar-refractivity contribution is 0.412. The van der Waals surface area contributed by atoms with Gasteiger partial charge in [0.15, 0.2) is 0 Å². The Balaban J connectivity index is 2.37. The van der Waals surface area contributed by atoms with Gasteiger partial charge in [-0.05, 0) is 41.8 Å². The molecule has 18 heavy (non-hydrogen) atoms. The fourth-order valence-corrected chi connectivity index (χ4v) is 2.11. The van der Waals surface area contributed by atoms with Crippen LogP contribution in [0.25, 0.3) is 0 Å². The number of benzene rings is 1. The average Bonchev–Trinajstić information content (AvgIpc) is 2.38. The largest absolute Gasteiger partial charge is 0.495 e. The van der Waals surface area contributed by atoms with Crippen molar-refractivity contribution in [1.29, 1.82) is 0 Å². The van der Waals surface area contributed by atoms with E-state index in [2.05, 4.69) is 4.98 Å². The van der Waals surface area contributed by atoms with Crippen LogP contribution in [0, 0.1) is 6.92 Å². The van der Waals surface area contributed by atoms with E-state index >= 15 is 0 Å². The molecule has 0 bridgehead atoms. The Morgan fingerprint density at radius 1 is 1.28 bits per heavy atom. The van der Waals surface area contributed by atoms with Gasteiger partial charge in [-0.15, -0.1) is 0 Å². The minimum absolute atomic E-state index is 0.232. The van der Waals surface area contributed by atoms with Crippen molar-refractivity contribution in [3.8, 4) is 5.75 Å². The van der Waals surface area contributed by atoms with E-state index in [-0.39, 0.29) is 6.04 Å². The number of hydrogen-bond acceptors (Lipinski definition) is 3. The number of rotatable bonds is 3. The summed E-state index contributed by atoms with van der Waals surface area (Å²) in [7, 11) is 1.61. The molecule has 0 fully saturated rings. The summed E-state index contributed by atoms with van der Waals surface area (Å²) in [5.41, 5.74) is 9.27. The van der Waals surface area contributed by atoms with Crippen molar-refractivity contribution >= 4 is 11.6 Å². The lowest BCUT2D eigenvalue weighted by Crippen LogP contribution is -2.13. The molecule has 0 saturated heterocycles. The molecule has 94 valence electrons. The van der Waals surface area contributed by atoms with Gasteiger partial charge in [-0.3, -0.25) is 4.98 Å². The second-order valence-corrected chi connectivity index (χ2v) is 4.57. The summed E-state index contributed by atoms with van der Waals surface area (Å²) in [5.74, 6) is 0.703. The first kappa shape index (κ1) is 12.9. The molecule has 0 spiro atoms. The van der Waals surface area contributed by atoms with E-state index < -0.39 is 0 Å². The average molecular weight is 263 g/mol. The number of ether oxygens (including phenoxy) is 1. The van der Waals surface area contributed by atoms with Crippen LogP contribution in [0.5, 0.6) is 5.75 Å². The normalized spacial score (nSPS) is 12.2. The van der Waals surface area contributed by atoms with Gasteiger partial charge in [-0.25, -0.2) is 0 Å². The predicted octanol–water partition coefficient (Wildman–Crippen LogP) is 3.10. The van der Waals surface area contributed by atoms with E-state index in [1.807, 2.05) is 31.2 Å².